The lowest BCUT2D eigenvalue weighted by Crippen LogP contribution is -2.17. The van der Waals surface area contributed by atoms with Crippen molar-refractivity contribution < 1.29 is 13.2 Å². The van der Waals surface area contributed by atoms with Gasteiger partial charge in [-0.05, 0) is 73.8 Å². The first-order valence-corrected chi connectivity index (χ1v) is 7.75. The molecule has 2 aromatic carbocycles. The van der Waals surface area contributed by atoms with Crippen LogP contribution in [0, 0.1) is 6.92 Å². The summed E-state index contributed by atoms with van der Waals surface area (Å²) in [4.78, 5) is 2.14. The van der Waals surface area contributed by atoms with E-state index in [1.54, 1.807) is 13.0 Å². The van der Waals surface area contributed by atoms with Gasteiger partial charge in [-0.15, -0.1) is 0 Å². The van der Waals surface area contributed by atoms with Gasteiger partial charge in [-0.2, -0.15) is 13.2 Å². The molecule has 23 heavy (non-hydrogen) atoms. The molecule has 0 bridgehead atoms. The van der Waals surface area contributed by atoms with E-state index >= 15 is 0 Å². The number of hydrogen-bond acceptors (Lipinski definition) is 1. The van der Waals surface area contributed by atoms with E-state index < -0.39 is 11.7 Å². The highest BCUT2D eigenvalue weighted by molar-refractivity contribution is 5.73. The van der Waals surface area contributed by atoms with Crippen LogP contribution >= 0.6 is 0 Å². The van der Waals surface area contributed by atoms with E-state index in [0.29, 0.717) is 16.7 Å². The molecule has 4 heteroatoms. The largest absolute Gasteiger partial charge is 0.417 e. The fraction of sp³-hybridized carbons (Fsp3) is 0.368. The molecule has 0 saturated carbocycles. The Kier molecular flexibility index (Phi) is 3.96. The maximum absolute atomic E-state index is 13.4. The molecule has 0 spiro atoms. The van der Waals surface area contributed by atoms with Gasteiger partial charge in [-0.3, -0.25) is 0 Å². The summed E-state index contributed by atoms with van der Waals surface area (Å²) in [5.74, 6) is 0. The number of hydrogen-bond donors (Lipinski definition) is 0. The standard InChI is InChI=1S/C19H20F3N/c1-12-5-4-6-16(19(20,21)22)18(12)14-8-7-13-9-10-17(23(2)3)15(13)11-14/h4-8,11,17H,9-10H2,1-3H3. The molecule has 2 aromatic rings. The van der Waals surface area contributed by atoms with Gasteiger partial charge >= 0.3 is 6.18 Å². The zero-order valence-electron chi connectivity index (χ0n) is 13.5. The van der Waals surface area contributed by atoms with E-state index in [1.807, 2.05) is 32.3 Å². The third kappa shape index (κ3) is 2.88. The number of nitrogens with zero attached hydrogens (tertiary/aromatic N) is 1. The Morgan fingerprint density at radius 2 is 1.83 bits per heavy atom. The van der Waals surface area contributed by atoms with Gasteiger partial charge < -0.3 is 4.90 Å². The number of halogens is 3. The lowest BCUT2D eigenvalue weighted by atomic mass is 9.92. The van der Waals surface area contributed by atoms with Gasteiger partial charge in [0.2, 0.25) is 0 Å². The maximum Gasteiger partial charge on any atom is 0.417 e. The van der Waals surface area contributed by atoms with E-state index in [-0.39, 0.29) is 6.04 Å². The molecule has 0 aliphatic heterocycles. The van der Waals surface area contributed by atoms with Crippen molar-refractivity contribution >= 4 is 0 Å². The molecular formula is C19H20F3N. The summed E-state index contributed by atoms with van der Waals surface area (Å²) in [7, 11) is 4.03. The molecule has 0 fully saturated rings. The van der Waals surface area contributed by atoms with Crippen molar-refractivity contribution in [2.45, 2.75) is 32.0 Å². The Balaban J connectivity index is 2.17. The number of fused-ring (bicyclic) bond motifs is 1. The van der Waals surface area contributed by atoms with E-state index in [2.05, 4.69) is 4.90 Å². The molecule has 0 heterocycles. The van der Waals surface area contributed by atoms with E-state index in [1.165, 1.54) is 17.7 Å². The summed E-state index contributed by atoms with van der Waals surface area (Å²) in [5, 5.41) is 0. The molecule has 1 aliphatic rings. The van der Waals surface area contributed by atoms with Crippen LogP contribution in [0.15, 0.2) is 36.4 Å². The van der Waals surface area contributed by atoms with Gasteiger partial charge in [0.15, 0.2) is 0 Å². The van der Waals surface area contributed by atoms with Crippen molar-refractivity contribution in [3.05, 3.63) is 58.7 Å². The molecule has 0 N–H and O–H groups in total. The van der Waals surface area contributed by atoms with E-state index in [0.717, 1.165) is 18.4 Å². The minimum atomic E-state index is -4.35. The van der Waals surface area contributed by atoms with Crippen LogP contribution in [-0.4, -0.2) is 19.0 Å². The van der Waals surface area contributed by atoms with Crippen LogP contribution in [0.1, 0.15) is 34.7 Å². The Hall–Kier alpha value is -1.81. The van der Waals surface area contributed by atoms with Gasteiger partial charge in [0, 0.05) is 6.04 Å². The normalized spacial score (nSPS) is 17.6. The molecular weight excluding hydrogens is 299 g/mol. The van der Waals surface area contributed by atoms with Crippen LogP contribution in [0.25, 0.3) is 11.1 Å². The lowest BCUT2D eigenvalue weighted by Gasteiger charge is -2.21. The molecule has 122 valence electrons. The molecule has 3 rings (SSSR count). The Labute approximate surface area is 134 Å². The summed E-state index contributed by atoms with van der Waals surface area (Å²) in [6, 6.07) is 10.4. The molecule has 0 saturated heterocycles. The lowest BCUT2D eigenvalue weighted by molar-refractivity contribution is -0.137. The highest BCUT2D eigenvalue weighted by atomic mass is 19.4. The molecule has 1 atom stereocenters. The van der Waals surface area contributed by atoms with Crippen molar-refractivity contribution in [3.8, 4) is 11.1 Å². The van der Waals surface area contributed by atoms with Gasteiger partial charge in [-0.1, -0.05) is 24.3 Å². The minimum absolute atomic E-state index is 0.281. The second-order valence-corrected chi connectivity index (χ2v) is 6.43. The van der Waals surface area contributed by atoms with Crippen LogP contribution in [0.5, 0.6) is 0 Å². The van der Waals surface area contributed by atoms with Crippen LogP contribution in [0.3, 0.4) is 0 Å². The van der Waals surface area contributed by atoms with Crippen LogP contribution in [0.4, 0.5) is 13.2 Å². The van der Waals surface area contributed by atoms with E-state index in [4.69, 9.17) is 0 Å². The van der Waals surface area contributed by atoms with Gasteiger partial charge in [0.1, 0.15) is 0 Å². The minimum Gasteiger partial charge on any atom is -0.302 e. The number of alkyl halides is 3. The van der Waals surface area contributed by atoms with Crippen molar-refractivity contribution in [1.82, 2.24) is 4.90 Å². The van der Waals surface area contributed by atoms with Gasteiger partial charge in [0.25, 0.3) is 0 Å². The number of aryl methyl sites for hydroxylation is 2. The number of benzene rings is 2. The Bertz CT molecular complexity index is 732. The maximum atomic E-state index is 13.4. The molecule has 1 nitrogen and oxygen atoms in total. The summed E-state index contributed by atoms with van der Waals surface area (Å²) in [6.07, 6.45) is -2.34. The second kappa shape index (κ2) is 5.68. The summed E-state index contributed by atoms with van der Waals surface area (Å²) in [5.41, 5.74) is 3.45. The second-order valence-electron chi connectivity index (χ2n) is 6.43. The first kappa shape index (κ1) is 16.1. The van der Waals surface area contributed by atoms with Crippen LogP contribution in [-0.2, 0) is 12.6 Å². The fourth-order valence-corrected chi connectivity index (χ4v) is 3.56. The van der Waals surface area contributed by atoms with Gasteiger partial charge in [-0.25, -0.2) is 0 Å². The third-order valence-corrected chi connectivity index (χ3v) is 4.68. The zero-order chi connectivity index (χ0) is 16.8. The van der Waals surface area contributed by atoms with Crippen molar-refractivity contribution in [3.63, 3.8) is 0 Å². The Morgan fingerprint density at radius 1 is 1.09 bits per heavy atom. The molecule has 1 aliphatic carbocycles. The third-order valence-electron chi connectivity index (χ3n) is 4.68. The molecule has 1 unspecified atom stereocenters. The van der Waals surface area contributed by atoms with Crippen LogP contribution < -0.4 is 0 Å². The highest BCUT2D eigenvalue weighted by Crippen LogP contribution is 2.42. The molecule has 0 aromatic heterocycles. The molecule has 0 amide bonds. The predicted molar refractivity (Wildman–Crippen MR) is 86.4 cm³/mol. The fourth-order valence-electron chi connectivity index (χ4n) is 3.56. The quantitative estimate of drug-likeness (QED) is 0.732. The first-order chi connectivity index (χ1) is 10.8. The molecule has 0 radical (unpaired) electrons. The van der Waals surface area contributed by atoms with Crippen LogP contribution in [0.2, 0.25) is 0 Å². The average molecular weight is 319 g/mol. The topological polar surface area (TPSA) is 3.24 Å². The average Bonchev–Trinajstić information content (AvgIpc) is 2.89. The van der Waals surface area contributed by atoms with Crippen molar-refractivity contribution in [2.75, 3.05) is 14.1 Å². The van der Waals surface area contributed by atoms with Gasteiger partial charge in [0.05, 0.1) is 5.56 Å². The van der Waals surface area contributed by atoms with Crippen molar-refractivity contribution in [2.24, 2.45) is 0 Å². The first-order valence-electron chi connectivity index (χ1n) is 7.75. The Morgan fingerprint density at radius 3 is 2.48 bits per heavy atom. The van der Waals surface area contributed by atoms with E-state index in [9.17, 15) is 13.2 Å². The summed E-state index contributed by atoms with van der Waals surface area (Å²) >= 11 is 0. The monoisotopic (exact) mass is 319 g/mol. The smallest absolute Gasteiger partial charge is 0.302 e. The predicted octanol–water partition coefficient (Wildman–Crippen LogP) is 5.23. The summed E-state index contributed by atoms with van der Waals surface area (Å²) in [6.45, 7) is 1.74. The summed E-state index contributed by atoms with van der Waals surface area (Å²) < 4.78 is 40.2. The van der Waals surface area contributed by atoms with Crippen molar-refractivity contribution in [1.29, 1.82) is 0 Å². The number of rotatable bonds is 2. The zero-order valence-corrected chi connectivity index (χ0v) is 13.5. The SMILES string of the molecule is Cc1cccc(C(F)(F)F)c1-c1ccc2c(c1)C(N(C)C)CC2. The highest BCUT2D eigenvalue weighted by Gasteiger charge is 2.34.